The Bertz CT molecular complexity index is 368. The maximum atomic E-state index is 10.6. The Morgan fingerprint density at radius 1 is 1.38 bits per heavy atom. The van der Waals surface area contributed by atoms with E-state index in [2.05, 4.69) is 31.0 Å². The number of carboxylic acids is 1. The molecule has 0 radical (unpaired) electrons. The van der Waals surface area contributed by atoms with Crippen LogP contribution in [-0.4, -0.2) is 34.9 Å². The monoisotopic (exact) mass is 223 g/mol. The lowest BCUT2D eigenvalue weighted by Crippen LogP contribution is -2.30. The van der Waals surface area contributed by atoms with Crippen molar-refractivity contribution in [3.05, 3.63) is 17.8 Å². The van der Waals surface area contributed by atoms with Gasteiger partial charge in [0, 0.05) is 13.6 Å². The third-order valence-corrected chi connectivity index (χ3v) is 1.97. The SMILES string of the molecule is CN(CC(C)(C)C)c1ccc(C(=O)O)nn1. The summed E-state index contributed by atoms with van der Waals surface area (Å²) in [7, 11) is 1.91. The van der Waals surface area contributed by atoms with E-state index in [1.165, 1.54) is 6.07 Å². The summed E-state index contributed by atoms with van der Waals surface area (Å²) in [5.74, 6) is -0.377. The van der Waals surface area contributed by atoms with Crippen molar-refractivity contribution < 1.29 is 9.90 Å². The Balaban J connectivity index is 2.78. The molecule has 0 saturated carbocycles. The summed E-state index contributed by atoms with van der Waals surface area (Å²) in [5, 5.41) is 16.2. The highest BCUT2D eigenvalue weighted by Gasteiger charge is 2.15. The molecule has 0 amide bonds. The fourth-order valence-corrected chi connectivity index (χ4v) is 1.44. The van der Waals surface area contributed by atoms with Gasteiger partial charge in [-0.2, -0.15) is 0 Å². The second-order valence-corrected chi connectivity index (χ2v) is 5.00. The minimum atomic E-state index is -1.06. The van der Waals surface area contributed by atoms with Crippen molar-refractivity contribution in [3.63, 3.8) is 0 Å². The van der Waals surface area contributed by atoms with Gasteiger partial charge >= 0.3 is 5.97 Å². The third-order valence-electron chi connectivity index (χ3n) is 1.97. The van der Waals surface area contributed by atoms with Gasteiger partial charge in [0.1, 0.15) is 0 Å². The standard InChI is InChI=1S/C11H17N3O2/c1-11(2,3)7-14(4)9-6-5-8(10(15)16)12-13-9/h5-6H,7H2,1-4H3,(H,15,16). The number of rotatable bonds is 3. The molecule has 0 bridgehead atoms. The number of carbonyl (C=O) groups is 1. The maximum absolute atomic E-state index is 10.6. The van der Waals surface area contributed by atoms with Crippen LogP contribution in [0.1, 0.15) is 31.3 Å². The molecule has 0 spiro atoms. The number of aromatic carboxylic acids is 1. The molecule has 88 valence electrons. The predicted molar refractivity (Wildman–Crippen MR) is 61.7 cm³/mol. The number of anilines is 1. The van der Waals surface area contributed by atoms with E-state index in [9.17, 15) is 4.79 Å². The van der Waals surface area contributed by atoms with Gasteiger partial charge in [0.05, 0.1) is 0 Å². The summed E-state index contributed by atoms with van der Waals surface area (Å²) in [6, 6.07) is 3.13. The number of hydrogen-bond acceptors (Lipinski definition) is 4. The minimum absolute atomic E-state index is 0.0343. The maximum Gasteiger partial charge on any atom is 0.356 e. The Morgan fingerprint density at radius 2 is 2.00 bits per heavy atom. The van der Waals surface area contributed by atoms with Crippen molar-refractivity contribution in [1.82, 2.24) is 10.2 Å². The van der Waals surface area contributed by atoms with Crippen LogP contribution in [0.25, 0.3) is 0 Å². The average Bonchev–Trinajstić information content (AvgIpc) is 2.15. The molecule has 1 heterocycles. The molecule has 0 aliphatic heterocycles. The van der Waals surface area contributed by atoms with E-state index in [1.54, 1.807) is 6.07 Å². The van der Waals surface area contributed by atoms with E-state index in [0.29, 0.717) is 5.82 Å². The zero-order chi connectivity index (χ0) is 12.3. The van der Waals surface area contributed by atoms with E-state index in [-0.39, 0.29) is 11.1 Å². The molecule has 1 N–H and O–H groups in total. The lowest BCUT2D eigenvalue weighted by atomic mass is 9.96. The Labute approximate surface area is 95.1 Å². The van der Waals surface area contributed by atoms with Gasteiger partial charge in [-0.15, -0.1) is 10.2 Å². The van der Waals surface area contributed by atoms with E-state index in [1.807, 2.05) is 11.9 Å². The van der Waals surface area contributed by atoms with E-state index in [4.69, 9.17) is 5.11 Å². The lowest BCUT2D eigenvalue weighted by molar-refractivity contribution is 0.0689. The normalized spacial score (nSPS) is 11.2. The summed E-state index contributed by atoms with van der Waals surface area (Å²) >= 11 is 0. The molecule has 0 aliphatic carbocycles. The molecule has 1 aromatic rings. The summed E-state index contributed by atoms with van der Waals surface area (Å²) < 4.78 is 0. The van der Waals surface area contributed by atoms with Crippen LogP contribution in [0, 0.1) is 5.41 Å². The molecule has 0 unspecified atom stereocenters. The second kappa shape index (κ2) is 4.47. The molecule has 5 heteroatoms. The molecule has 0 fully saturated rings. The van der Waals surface area contributed by atoms with Crippen LogP contribution in [0.5, 0.6) is 0 Å². The van der Waals surface area contributed by atoms with Crippen LogP contribution in [-0.2, 0) is 0 Å². The topological polar surface area (TPSA) is 66.3 Å². The largest absolute Gasteiger partial charge is 0.476 e. The molecule has 0 aliphatic rings. The van der Waals surface area contributed by atoms with Gasteiger partial charge in [0.25, 0.3) is 0 Å². The summed E-state index contributed by atoms with van der Waals surface area (Å²) in [6.07, 6.45) is 0. The lowest BCUT2D eigenvalue weighted by Gasteiger charge is -2.26. The summed E-state index contributed by atoms with van der Waals surface area (Å²) in [4.78, 5) is 12.6. The first-order valence-corrected chi connectivity index (χ1v) is 5.08. The van der Waals surface area contributed by atoms with Crippen LogP contribution >= 0.6 is 0 Å². The summed E-state index contributed by atoms with van der Waals surface area (Å²) in [5.41, 5.74) is 0.120. The summed E-state index contributed by atoms with van der Waals surface area (Å²) in [6.45, 7) is 7.21. The van der Waals surface area contributed by atoms with Gasteiger partial charge < -0.3 is 10.0 Å². The molecule has 0 aromatic carbocycles. The Kier molecular flexibility index (Phi) is 3.47. The number of carboxylic acid groups (broad SMARTS) is 1. The van der Waals surface area contributed by atoms with Gasteiger partial charge in [-0.1, -0.05) is 20.8 Å². The quantitative estimate of drug-likeness (QED) is 0.844. The van der Waals surface area contributed by atoms with Crippen molar-refractivity contribution in [2.75, 3.05) is 18.5 Å². The Morgan fingerprint density at radius 3 is 2.38 bits per heavy atom. The first-order valence-electron chi connectivity index (χ1n) is 5.08. The number of hydrogen-bond donors (Lipinski definition) is 1. The predicted octanol–water partition coefficient (Wildman–Crippen LogP) is 1.66. The molecular weight excluding hydrogens is 206 g/mol. The fourth-order valence-electron chi connectivity index (χ4n) is 1.44. The van der Waals surface area contributed by atoms with Crippen LogP contribution < -0.4 is 4.90 Å². The first kappa shape index (κ1) is 12.4. The zero-order valence-corrected chi connectivity index (χ0v) is 10.1. The third kappa shape index (κ3) is 3.49. The highest BCUT2D eigenvalue weighted by atomic mass is 16.4. The van der Waals surface area contributed by atoms with Crippen LogP contribution in [0.15, 0.2) is 12.1 Å². The highest BCUT2D eigenvalue weighted by Crippen LogP contribution is 2.17. The van der Waals surface area contributed by atoms with Crippen LogP contribution in [0.3, 0.4) is 0 Å². The molecule has 1 aromatic heterocycles. The zero-order valence-electron chi connectivity index (χ0n) is 10.1. The molecular formula is C11H17N3O2. The van der Waals surface area contributed by atoms with Gasteiger partial charge in [-0.05, 0) is 17.5 Å². The van der Waals surface area contributed by atoms with E-state index in [0.717, 1.165) is 6.54 Å². The van der Waals surface area contributed by atoms with Crippen molar-refractivity contribution in [3.8, 4) is 0 Å². The average molecular weight is 223 g/mol. The highest BCUT2D eigenvalue weighted by molar-refractivity contribution is 5.85. The fraction of sp³-hybridized carbons (Fsp3) is 0.545. The minimum Gasteiger partial charge on any atom is -0.476 e. The molecule has 5 nitrogen and oxygen atoms in total. The van der Waals surface area contributed by atoms with Crippen molar-refractivity contribution in [2.24, 2.45) is 5.41 Å². The van der Waals surface area contributed by atoms with Gasteiger partial charge in [-0.25, -0.2) is 4.79 Å². The number of aromatic nitrogens is 2. The van der Waals surface area contributed by atoms with Gasteiger partial charge in [-0.3, -0.25) is 0 Å². The van der Waals surface area contributed by atoms with Crippen molar-refractivity contribution >= 4 is 11.8 Å². The van der Waals surface area contributed by atoms with Gasteiger partial charge in [0.15, 0.2) is 11.5 Å². The molecule has 0 saturated heterocycles. The van der Waals surface area contributed by atoms with Crippen LogP contribution in [0.4, 0.5) is 5.82 Å². The molecule has 0 atom stereocenters. The second-order valence-electron chi connectivity index (χ2n) is 5.00. The first-order chi connectivity index (χ1) is 7.29. The number of nitrogens with zero attached hydrogens (tertiary/aromatic N) is 3. The molecule has 1 rings (SSSR count). The smallest absolute Gasteiger partial charge is 0.356 e. The molecule has 16 heavy (non-hydrogen) atoms. The van der Waals surface area contributed by atoms with E-state index < -0.39 is 5.97 Å². The van der Waals surface area contributed by atoms with Crippen molar-refractivity contribution in [2.45, 2.75) is 20.8 Å². The van der Waals surface area contributed by atoms with Crippen molar-refractivity contribution in [1.29, 1.82) is 0 Å². The Hall–Kier alpha value is -1.65. The van der Waals surface area contributed by atoms with Crippen LogP contribution in [0.2, 0.25) is 0 Å². The van der Waals surface area contributed by atoms with E-state index >= 15 is 0 Å². The van der Waals surface area contributed by atoms with Gasteiger partial charge in [0.2, 0.25) is 0 Å².